The van der Waals surface area contributed by atoms with Crippen molar-refractivity contribution in [3.63, 3.8) is 0 Å². The van der Waals surface area contributed by atoms with Crippen LogP contribution in [-0.2, 0) is 10.0 Å². The molecule has 0 amide bonds. The third-order valence-corrected chi connectivity index (χ3v) is 6.67. The van der Waals surface area contributed by atoms with Gasteiger partial charge >= 0.3 is 0 Å². The van der Waals surface area contributed by atoms with Crippen LogP contribution in [0.5, 0.6) is 0 Å². The van der Waals surface area contributed by atoms with Crippen molar-refractivity contribution in [2.24, 2.45) is 0 Å². The zero-order valence-corrected chi connectivity index (χ0v) is 14.2. The Morgan fingerprint density at radius 3 is 2.33 bits per heavy atom. The van der Waals surface area contributed by atoms with E-state index in [1.807, 2.05) is 30.3 Å². The van der Waals surface area contributed by atoms with Crippen LogP contribution in [0.2, 0.25) is 0 Å². The summed E-state index contributed by atoms with van der Waals surface area (Å²) in [5.74, 6) is 0. The molecule has 4 nitrogen and oxygen atoms in total. The van der Waals surface area contributed by atoms with Crippen LogP contribution in [-0.4, -0.2) is 45.9 Å². The zero-order chi connectivity index (χ0) is 15.0. The minimum atomic E-state index is -3.43. The monoisotopic (exact) mass is 369 g/mol. The Bertz CT molecular complexity index is 768. The number of hydrogen-bond donors (Lipinski definition) is 1. The number of benzene rings is 2. The maximum absolute atomic E-state index is 12.9. The molecule has 0 radical (unpaired) electrons. The van der Waals surface area contributed by atoms with Crippen LogP contribution in [0.15, 0.2) is 45.8 Å². The van der Waals surface area contributed by atoms with Crippen molar-refractivity contribution in [3.8, 4) is 0 Å². The molecule has 6 heteroatoms. The lowest BCUT2D eigenvalue weighted by Gasteiger charge is -2.29. The molecule has 3 rings (SSSR count). The minimum absolute atomic E-state index is 0.404. The van der Waals surface area contributed by atoms with Crippen LogP contribution in [0.1, 0.15) is 0 Å². The zero-order valence-electron chi connectivity index (χ0n) is 11.8. The molecule has 1 fully saturated rings. The molecule has 0 atom stereocenters. The standard InChI is InChI=1S/C15H17BrN2O2S/c1-17-8-10-18(11-9-17)21(19,20)15-7-6-14(16)12-4-2-3-5-13(12)15/h2-7H,8-11H2,1H3/p+1. The first-order chi connectivity index (χ1) is 10.00. The number of sulfonamides is 1. The molecule has 2 aromatic carbocycles. The Hall–Kier alpha value is -0.950. The molecule has 2 aromatic rings. The molecule has 0 aromatic heterocycles. The number of rotatable bonds is 2. The highest BCUT2D eigenvalue weighted by atomic mass is 79.9. The summed E-state index contributed by atoms with van der Waals surface area (Å²) in [5.41, 5.74) is 0. The Kier molecular flexibility index (Phi) is 4.05. The molecule has 0 saturated carbocycles. The first-order valence-corrected chi connectivity index (χ1v) is 9.22. The number of piperazine rings is 1. The van der Waals surface area contributed by atoms with E-state index in [0.29, 0.717) is 18.0 Å². The summed E-state index contributed by atoms with van der Waals surface area (Å²) in [6.45, 7) is 2.87. The van der Waals surface area contributed by atoms with E-state index in [1.54, 1.807) is 10.4 Å². The summed E-state index contributed by atoms with van der Waals surface area (Å²) in [6.07, 6.45) is 0. The number of fused-ring (bicyclic) bond motifs is 1. The summed E-state index contributed by atoms with van der Waals surface area (Å²) < 4.78 is 28.4. The maximum Gasteiger partial charge on any atom is 0.244 e. The van der Waals surface area contributed by atoms with Gasteiger partial charge in [-0.15, -0.1) is 0 Å². The van der Waals surface area contributed by atoms with Gasteiger partial charge in [-0.05, 0) is 17.5 Å². The Morgan fingerprint density at radius 1 is 1.05 bits per heavy atom. The summed E-state index contributed by atoms with van der Waals surface area (Å²) in [5, 5.41) is 1.71. The van der Waals surface area contributed by atoms with Gasteiger partial charge in [-0.2, -0.15) is 4.31 Å². The Morgan fingerprint density at radius 2 is 1.67 bits per heavy atom. The number of quaternary nitrogens is 1. The topological polar surface area (TPSA) is 41.8 Å². The number of hydrogen-bond acceptors (Lipinski definition) is 2. The van der Waals surface area contributed by atoms with Crippen LogP contribution in [0.4, 0.5) is 0 Å². The van der Waals surface area contributed by atoms with Crippen molar-refractivity contribution in [1.82, 2.24) is 4.31 Å². The van der Waals surface area contributed by atoms with E-state index in [1.165, 1.54) is 4.90 Å². The highest BCUT2D eigenvalue weighted by molar-refractivity contribution is 9.10. The van der Waals surface area contributed by atoms with Crippen molar-refractivity contribution >= 4 is 36.7 Å². The fourth-order valence-electron chi connectivity index (χ4n) is 2.71. The van der Waals surface area contributed by atoms with E-state index in [2.05, 4.69) is 23.0 Å². The molecule has 1 N–H and O–H groups in total. The van der Waals surface area contributed by atoms with Crippen molar-refractivity contribution in [2.75, 3.05) is 33.2 Å². The average molecular weight is 370 g/mol. The van der Waals surface area contributed by atoms with E-state index >= 15 is 0 Å². The van der Waals surface area contributed by atoms with Gasteiger partial charge < -0.3 is 4.90 Å². The summed E-state index contributed by atoms with van der Waals surface area (Å²) in [4.78, 5) is 1.78. The molecule has 1 heterocycles. The number of likely N-dealkylation sites (N-methyl/N-ethyl adjacent to an activating group) is 1. The Labute approximate surface area is 133 Å². The second-order valence-electron chi connectivity index (χ2n) is 5.45. The molecule has 0 bridgehead atoms. The van der Waals surface area contributed by atoms with Gasteiger partial charge in [-0.25, -0.2) is 8.42 Å². The molecular weight excluding hydrogens is 352 g/mol. The Balaban J connectivity index is 2.09. The number of nitrogens with one attached hydrogen (secondary N) is 1. The molecule has 1 saturated heterocycles. The van der Waals surface area contributed by atoms with Crippen molar-refractivity contribution < 1.29 is 13.3 Å². The lowest BCUT2D eigenvalue weighted by Crippen LogP contribution is -3.12. The van der Waals surface area contributed by atoms with Crippen molar-refractivity contribution in [2.45, 2.75) is 4.90 Å². The maximum atomic E-state index is 12.9. The average Bonchev–Trinajstić information content (AvgIpc) is 2.48. The van der Waals surface area contributed by atoms with Crippen LogP contribution in [0.3, 0.4) is 0 Å². The van der Waals surface area contributed by atoms with Gasteiger partial charge in [0.2, 0.25) is 10.0 Å². The van der Waals surface area contributed by atoms with Crippen LogP contribution in [0, 0.1) is 0 Å². The smallest absolute Gasteiger partial charge is 0.244 e. The van der Waals surface area contributed by atoms with Gasteiger partial charge in [0, 0.05) is 9.86 Å². The summed E-state index contributed by atoms with van der Waals surface area (Å²) in [6, 6.07) is 11.1. The lowest BCUT2D eigenvalue weighted by atomic mass is 10.1. The van der Waals surface area contributed by atoms with Gasteiger partial charge in [0.05, 0.1) is 38.1 Å². The van der Waals surface area contributed by atoms with Gasteiger partial charge in [0.1, 0.15) is 0 Å². The fourth-order valence-corrected chi connectivity index (χ4v) is 4.82. The molecule has 1 aliphatic heterocycles. The highest BCUT2D eigenvalue weighted by Gasteiger charge is 2.30. The molecule has 1 aliphatic rings. The minimum Gasteiger partial charge on any atom is -0.335 e. The predicted octanol–water partition coefficient (Wildman–Crippen LogP) is 1.12. The molecular formula is C15H18BrN2O2S+. The predicted molar refractivity (Wildman–Crippen MR) is 87.0 cm³/mol. The normalized spacial score (nSPS) is 18.2. The number of nitrogens with zero attached hydrogens (tertiary/aromatic N) is 1. The largest absolute Gasteiger partial charge is 0.335 e. The van der Waals surface area contributed by atoms with Gasteiger partial charge in [0.25, 0.3) is 0 Å². The first kappa shape index (κ1) is 15.0. The van der Waals surface area contributed by atoms with Crippen LogP contribution >= 0.6 is 15.9 Å². The van der Waals surface area contributed by atoms with E-state index in [4.69, 9.17) is 0 Å². The molecule has 0 aliphatic carbocycles. The third-order valence-electron chi connectivity index (χ3n) is 4.02. The van der Waals surface area contributed by atoms with Crippen molar-refractivity contribution in [1.29, 1.82) is 0 Å². The van der Waals surface area contributed by atoms with E-state index in [-0.39, 0.29) is 0 Å². The van der Waals surface area contributed by atoms with Crippen molar-refractivity contribution in [3.05, 3.63) is 40.9 Å². The third kappa shape index (κ3) is 2.73. The van der Waals surface area contributed by atoms with Gasteiger partial charge in [0.15, 0.2) is 0 Å². The first-order valence-electron chi connectivity index (χ1n) is 6.99. The molecule has 0 unspecified atom stereocenters. The second-order valence-corrected chi connectivity index (χ2v) is 8.21. The van der Waals surface area contributed by atoms with E-state index < -0.39 is 10.0 Å². The number of halogens is 1. The molecule has 0 spiro atoms. The quantitative estimate of drug-likeness (QED) is 0.861. The van der Waals surface area contributed by atoms with Crippen LogP contribution in [0.25, 0.3) is 10.8 Å². The second kappa shape index (κ2) is 5.68. The van der Waals surface area contributed by atoms with E-state index in [0.717, 1.165) is 28.3 Å². The molecule has 112 valence electrons. The van der Waals surface area contributed by atoms with Gasteiger partial charge in [-0.1, -0.05) is 40.2 Å². The lowest BCUT2D eigenvalue weighted by molar-refractivity contribution is -0.883. The summed E-state index contributed by atoms with van der Waals surface area (Å²) >= 11 is 3.49. The van der Waals surface area contributed by atoms with E-state index in [9.17, 15) is 8.42 Å². The SMILES string of the molecule is C[NH+]1CCN(S(=O)(=O)c2ccc(Br)c3ccccc23)CC1. The van der Waals surface area contributed by atoms with Gasteiger partial charge in [-0.3, -0.25) is 0 Å². The van der Waals surface area contributed by atoms with Crippen LogP contribution < -0.4 is 4.90 Å². The molecule has 21 heavy (non-hydrogen) atoms. The fraction of sp³-hybridized carbons (Fsp3) is 0.333. The highest BCUT2D eigenvalue weighted by Crippen LogP contribution is 2.31. The summed E-state index contributed by atoms with van der Waals surface area (Å²) in [7, 11) is -1.33.